The van der Waals surface area contributed by atoms with E-state index in [0.717, 1.165) is 22.3 Å². The average Bonchev–Trinajstić information content (AvgIpc) is 3.23. The summed E-state index contributed by atoms with van der Waals surface area (Å²) >= 11 is 0. The molecule has 2 aromatic rings. The highest BCUT2D eigenvalue weighted by Gasteiger charge is 2.30. The van der Waals surface area contributed by atoms with Crippen LogP contribution in [0.3, 0.4) is 0 Å². The predicted octanol–water partition coefficient (Wildman–Crippen LogP) is 3.43. The van der Waals surface area contributed by atoms with Gasteiger partial charge in [0.05, 0.1) is 23.9 Å². The summed E-state index contributed by atoms with van der Waals surface area (Å²) in [5.74, 6) is 1.98. The van der Waals surface area contributed by atoms with E-state index in [1.54, 1.807) is 13.2 Å². The summed E-state index contributed by atoms with van der Waals surface area (Å²) in [6.45, 7) is 3.83. The quantitative estimate of drug-likeness (QED) is 0.859. The lowest BCUT2D eigenvalue weighted by molar-refractivity contribution is 0.174. The zero-order valence-electron chi connectivity index (χ0n) is 15.6. The highest BCUT2D eigenvalue weighted by Crippen LogP contribution is 2.46. The third-order valence-corrected chi connectivity index (χ3v) is 5.01. The molecule has 0 radical (unpaired) electrons. The van der Waals surface area contributed by atoms with Gasteiger partial charge in [0.1, 0.15) is 23.7 Å². The molecule has 1 aromatic heterocycles. The van der Waals surface area contributed by atoms with E-state index in [0.29, 0.717) is 39.6 Å². The van der Waals surface area contributed by atoms with E-state index in [4.69, 9.17) is 19.9 Å². The van der Waals surface area contributed by atoms with Gasteiger partial charge in [-0.05, 0) is 42.7 Å². The lowest BCUT2D eigenvalue weighted by Gasteiger charge is -2.12. The number of allylic oxidation sites excluding steroid dienone is 3. The highest BCUT2D eigenvalue weighted by atomic mass is 16.7. The number of aromatic nitrogens is 1. The summed E-state index contributed by atoms with van der Waals surface area (Å²) < 4.78 is 16.4. The van der Waals surface area contributed by atoms with Crippen LogP contribution >= 0.6 is 0 Å². The zero-order chi connectivity index (χ0) is 20.0. The van der Waals surface area contributed by atoms with E-state index in [2.05, 4.69) is 17.1 Å². The van der Waals surface area contributed by atoms with Gasteiger partial charge in [0.2, 0.25) is 6.79 Å². The maximum absolute atomic E-state index is 9.66. The third-order valence-electron chi connectivity index (χ3n) is 5.01. The third kappa shape index (κ3) is 2.38. The number of nitrogen functional groups attached to an aromatic ring is 1. The molecule has 0 saturated carbocycles. The van der Waals surface area contributed by atoms with Crippen LogP contribution in [0.4, 0.5) is 5.82 Å². The minimum Gasteiger partial charge on any atom is -0.496 e. The number of anilines is 1. The van der Waals surface area contributed by atoms with Crippen LogP contribution in [0, 0.1) is 29.6 Å². The van der Waals surface area contributed by atoms with Crippen molar-refractivity contribution in [2.75, 3.05) is 19.6 Å². The van der Waals surface area contributed by atoms with E-state index >= 15 is 0 Å². The number of rotatable bonds is 2. The van der Waals surface area contributed by atoms with Crippen LogP contribution in [-0.2, 0) is 0 Å². The van der Waals surface area contributed by atoms with Crippen molar-refractivity contribution in [1.29, 1.82) is 10.5 Å². The molecule has 2 N–H and O–H groups in total. The van der Waals surface area contributed by atoms with Crippen molar-refractivity contribution in [3.63, 3.8) is 0 Å². The number of benzene rings is 1. The van der Waals surface area contributed by atoms with Crippen molar-refractivity contribution in [2.24, 2.45) is 0 Å². The monoisotopic (exact) mass is 372 g/mol. The van der Waals surface area contributed by atoms with E-state index < -0.39 is 0 Å². The smallest absolute Gasteiger partial charge is 0.231 e. The number of nitriles is 2. The Morgan fingerprint density at radius 3 is 2.54 bits per heavy atom. The minimum atomic E-state index is 0.126. The van der Waals surface area contributed by atoms with Crippen molar-refractivity contribution < 1.29 is 14.2 Å². The van der Waals surface area contributed by atoms with Gasteiger partial charge < -0.3 is 19.9 Å². The number of pyridine rings is 1. The molecule has 7 heteroatoms. The van der Waals surface area contributed by atoms with Gasteiger partial charge in [0.25, 0.3) is 0 Å². The molecule has 138 valence electrons. The van der Waals surface area contributed by atoms with Gasteiger partial charge in [0.15, 0.2) is 11.5 Å². The van der Waals surface area contributed by atoms with Crippen LogP contribution < -0.4 is 19.9 Å². The van der Waals surface area contributed by atoms with E-state index in [-0.39, 0.29) is 12.6 Å². The lowest BCUT2D eigenvalue weighted by atomic mass is 9.95. The lowest BCUT2D eigenvalue weighted by Crippen LogP contribution is -2.03. The van der Waals surface area contributed by atoms with Crippen LogP contribution in [0.25, 0.3) is 17.2 Å². The molecule has 1 aliphatic carbocycles. The molecule has 1 aliphatic heterocycles. The SMILES string of the molecule is COc1cc2c(cc1/C=C1\C(C)=C(C#N)c3nc(N)c(C#N)c(C)c31)OCO2. The molecule has 7 nitrogen and oxygen atoms in total. The number of hydrogen-bond acceptors (Lipinski definition) is 7. The summed E-state index contributed by atoms with van der Waals surface area (Å²) in [5.41, 5.74) is 11.0. The molecule has 0 bridgehead atoms. The molecule has 2 aliphatic rings. The molecule has 0 fully saturated rings. The van der Waals surface area contributed by atoms with E-state index in [1.807, 2.05) is 26.0 Å². The van der Waals surface area contributed by atoms with Gasteiger partial charge in [-0.3, -0.25) is 0 Å². The number of ether oxygens (including phenoxy) is 3. The summed E-state index contributed by atoms with van der Waals surface area (Å²) in [4.78, 5) is 4.34. The van der Waals surface area contributed by atoms with Crippen molar-refractivity contribution in [3.8, 4) is 29.4 Å². The first kappa shape index (κ1) is 17.4. The molecule has 2 heterocycles. The van der Waals surface area contributed by atoms with Crippen LogP contribution in [0.2, 0.25) is 0 Å². The van der Waals surface area contributed by atoms with Crippen molar-refractivity contribution >= 4 is 23.0 Å². The molecule has 0 spiro atoms. The molecule has 1 aromatic carbocycles. The fraction of sp³-hybridized carbons (Fsp3) is 0.190. The summed E-state index contributed by atoms with van der Waals surface area (Å²) in [6, 6.07) is 7.91. The van der Waals surface area contributed by atoms with Gasteiger partial charge in [-0.1, -0.05) is 0 Å². The van der Waals surface area contributed by atoms with Gasteiger partial charge in [-0.25, -0.2) is 4.98 Å². The maximum Gasteiger partial charge on any atom is 0.231 e. The molecule has 28 heavy (non-hydrogen) atoms. The molecule has 0 atom stereocenters. The first-order valence-electron chi connectivity index (χ1n) is 8.51. The Morgan fingerprint density at radius 2 is 1.89 bits per heavy atom. The van der Waals surface area contributed by atoms with Gasteiger partial charge in [0, 0.05) is 17.2 Å². The maximum atomic E-state index is 9.66. The summed E-state index contributed by atoms with van der Waals surface area (Å²) in [6.07, 6.45) is 1.91. The molecule has 0 unspecified atom stereocenters. The molecule has 0 saturated heterocycles. The molecular formula is C21H16N4O3. The van der Waals surface area contributed by atoms with Gasteiger partial charge in [-0.15, -0.1) is 0 Å². The number of nitrogens with zero attached hydrogens (tertiary/aromatic N) is 3. The molecule has 0 amide bonds. The second-order valence-corrected chi connectivity index (χ2v) is 6.45. The summed E-state index contributed by atoms with van der Waals surface area (Å²) in [5, 5.41) is 19.1. The first-order chi connectivity index (χ1) is 13.5. The fourth-order valence-electron chi connectivity index (χ4n) is 3.58. The normalized spacial score (nSPS) is 15.4. The van der Waals surface area contributed by atoms with Crippen LogP contribution in [-0.4, -0.2) is 18.9 Å². The Morgan fingerprint density at radius 1 is 1.18 bits per heavy atom. The molecular weight excluding hydrogens is 356 g/mol. The van der Waals surface area contributed by atoms with Gasteiger partial charge >= 0.3 is 0 Å². The number of methoxy groups -OCH3 is 1. The number of fused-ring (bicyclic) bond motifs is 2. The first-order valence-corrected chi connectivity index (χ1v) is 8.51. The van der Waals surface area contributed by atoms with Crippen molar-refractivity contribution in [3.05, 3.63) is 45.7 Å². The largest absolute Gasteiger partial charge is 0.496 e. The van der Waals surface area contributed by atoms with Crippen LogP contribution in [0.5, 0.6) is 17.2 Å². The highest BCUT2D eigenvalue weighted by molar-refractivity contribution is 6.09. The number of hydrogen-bond donors (Lipinski definition) is 1. The second kappa shape index (κ2) is 6.33. The number of nitrogens with two attached hydrogens (primary N) is 1. The van der Waals surface area contributed by atoms with Crippen molar-refractivity contribution in [2.45, 2.75) is 13.8 Å². The Hall–Kier alpha value is -3.97. The fourth-order valence-corrected chi connectivity index (χ4v) is 3.58. The van der Waals surface area contributed by atoms with Crippen LogP contribution in [0.1, 0.15) is 34.9 Å². The van der Waals surface area contributed by atoms with Gasteiger partial charge in [-0.2, -0.15) is 10.5 Å². The standard InChI is InChI=1S/C21H16N4O3/c1-10-13(4-12-5-17-18(28-9-27-17)6-16(12)26-3)19-11(2)15(8-23)21(24)25-20(19)14(10)7-22/h4-6H,9H2,1-3H3,(H2,24,25)/b13-4+. The Kier molecular flexibility index (Phi) is 3.94. The van der Waals surface area contributed by atoms with Crippen molar-refractivity contribution in [1.82, 2.24) is 4.98 Å². The Balaban J connectivity index is 2.00. The Bertz CT molecular complexity index is 1180. The predicted molar refractivity (Wildman–Crippen MR) is 103 cm³/mol. The molecule has 4 rings (SSSR count). The Labute approximate surface area is 161 Å². The zero-order valence-corrected chi connectivity index (χ0v) is 15.6. The second-order valence-electron chi connectivity index (χ2n) is 6.45. The topological polar surface area (TPSA) is 114 Å². The summed E-state index contributed by atoms with van der Waals surface area (Å²) in [7, 11) is 1.58. The minimum absolute atomic E-state index is 0.126. The van der Waals surface area contributed by atoms with Crippen LogP contribution in [0.15, 0.2) is 17.7 Å². The van der Waals surface area contributed by atoms with E-state index in [1.165, 1.54) is 0 Å². The average molecular weight is 372 g/mol. The van der Waals surface area contributed by atoms with E-state index in [9.17, 15) is 10.5 Å².